The number of ether oxygens (including phenoxy) is 1. The van der Waals surface area contributed by atoms with E-state index < -0.39 is 6.10 Å². The van der Waals surface area contributed by atoms with E-state index in [0.717, 1.165) is 0 Å². The Morgan fingerprint density at radius 3 is 2.60 bits per heavy atom. The number of aliphatic hydroxyl groups excluding tert-OH is 1. The molecule has 0 saturated carbocycles. The molecule has 0 radical (unpaired) electrons. The summed E-state index contributed by atoms with van der Waals surface area (Å²) in [6.07, 6.45) is -0.739. The van der Waals surface area contributed by atoms with Gasteiger partial charge in [-0.15, -0.1) is 0 Å². The summed E-state index contributed by atoms with van der Waals surface area (Å²) in [5.41, 5.74) is 0.975. The van der Waals surface area contributed by atoms with Crippen LogP contribution in [0.1, 0.15) is 24.2 Å². The minimum Gasteiger partial charge on any atom is -0.456 e. The zero-order valence-corrected chi connectivity index (χ0v) is 12.2. The highest BCUT2D eigenvalue weighted by molar-refractivity contribution is 9.10. The van der Waals surface area contributed by atoms with Crippen molar-refractivity contribution in [1.82, 2.24) is 0 Å². The lowest BCUT2D eigenvalue weighted by atomic mass is 10.1. The van der Waals surface area contributed by atoms with E-state index in [4.69, 9.17) is 10.00 Å². The van der Waals surface area contributed by atoms with Gasteiger partial charge in [-0.05, 0) is 53.2 Å². The molecule has 0 unspecified atom stereocenters. The Labute approximate surface area is 124 Å². The van der Waals surface area contributed by atoms with Gasteiger partial charge in [-0.25, -0.2) is 4.39 Å². The van der Waals surface area contributed by atoms with Crippen molar-refractivity contribution < 1.29 is 14.2 Å². The van der Waals surface area contributed by atoms with Gasteiger partial charge in [0.15, 0.2) is 0 Å². The molecule has 102 valence electrons. The molecule has 1 N–H and O–H groups in total. The lowest BCUT2D eigenvalue weighted by molar-refractivity contribution is 0.195. The molecule has 3 nitrogen and oxygen atoms in total. The van der Waals surface area contributed by atoms with Crippen LogP contribution < -0.4 is 4.74 Å². The summed E-state index contributed by atoms with van der Waals surface area (Å²) in [5, 5.41) is 18.6. The van der Waals surface area contributed by atoms with Gasteiger partial charge in [0, 0.05) is 5.56 Å². The van der Waals surface area contributed by atoms with Crippen molar-refractivity contribution in [3.05, 3.63) is 57.8 Å². The molecule has 5 heteroatoms. The summed E-state index contributed by atoms with van der Waals surface area (Å²) in [6.45, 7) is 1.61. The predicted octanol–water partition coefficient (Wildman–Crippen LogP) is 4.31. The zero-order chi connectivity index (χ0) is 14.7. The molecular formula is C15H11BrFNO2. The van der Waals surface area contributed by atoms with Crippen molar-refractivity contribution in [3.8, 4) is 17.6 Å². The van der Waals surface area contributed by atoms with Gasteiger partial charge in [0.1, 0.15) is 17.3 Å². The number of nitrogens with zero attached hydrogens (tertiary/aromatic N) is 1. The van der Waals surface area contributed by atoms with Crippen molar-refractivity contribution >= 4 is 15.9 Å². The van der Waals surface area contributed by atoms with E-state index in [1.54, 1.807) is 19.1 Å². The summed E-state index contributed by atoms with van der Waals surface area (Å²) < 4.78 is 19.2. The smallest absolute Gasteiger partial charge is 0.141 e. The maximum absolute atomic E-state index is 13.0. The average molecular weight is 336 g/mol. The molecule has 0 fully saturated rings. The first-order valence-corrected chi connectivity index (χ1v) is 6.65. The van der Waals surface area contributed by atoms with Gasteiger partial charge in [-0.2, -0.15) is 5.26 Å². The molecule has 0 spiro atoms. The third kappa shape index (κ3) is 3.16. The summed E-state index contributed by atoms with van der Waals surface area (Å²) >= 11 is 3.21. The van der Waals surface area contributed by atoms with Crippen LogP contribution >= 0.6 is 15.9 Å². The Morgan fingerprint density at radius 2 is 2.00 bits per heavy atom. The number of hydrogen-bond acceptors (Lipinski definition) is 3. The number of aliphatic hydroxyl groups is 1. The SMILES string of the molecule is C[C@H](O)c1ccc(C#N)cc1Oc1ccc(F)cc1Br. The number of nitriles is 1. The average Bonchev–Trinajstić information content (AvgIpc) is 2.41. The van der Waals surface area contributed by atoms with Gasteiger partial charge in [0.05, 0.1) is 22.2 Å². The number of hydrogen-bond donors (Lipinski definition) is 1. The first-order valence-electron chi connectivity index (χ1n) is 5.86. The molecular weight excluding hydrogens is 325 g/mol. The second kappa shape index (κ2) is 6.04. The Hall–Kier alpha value is -1.90. The molecule has 20 heavy (non-hydrogen) atoms. The van der Waals surface area contributed by atoms with Crippen LogP contribution in [0.15, 0.2) is 40.9 Å². The Bertz CT molecular complexity index is 680. The standard InChI is InChI=1S/C15H11BrFNO2/c1-9(19)12-4-2-10(8-18)6-15(12)20-14-5-3-11(17)7-13(14)16/h2-7,9,19H,1H3/t9-/m0/s1. The van der Waals surface area contributed by atoms with E-state index in [-0.39, 0.29) is 5.82 Å². The molecule has 0 amide bonds. The van der Waals surface area contributed by atoms with E-state index in [0.29, 0.717) is 27.1 Å². The van der Waals surface area contributed by atoms with E-state index in [1.807, 2.05) is 6.07 Å². The topological polar surface area (TPSA) is 53.2 Å². The molecule has 0 aliphatic rings. The van der Waals surface area contributed by atoms with Gasteiger partial charge < -0.3 is 9.84 Å². The summed E-state index contributed by atoms with van der Waals surface area (Å²) in [4.78, 5) is 0. The van der Waals surface area contributed by atoms with Crippen LogP contribution in [0.2, 0.25) is 0 Å². The van der Waals surface area contributed by atoms with Crippen LogP contribution in [0, 0.1) is 17.1 Å². The van der Waals surface area contributed by atoms with E-state index in [1.165, 1.54) is 24.3 Å². The first kappa shape index (κ1) is 14.5. The number of benzene rings is 2. The molecule has 0 aliphatic carbocycles. The van der Waals surface area contributed by atoms with Crippen molar-refractivity contribution in [1.29, 1.82) is 5.26 Å². The monoisotopic (exact) mass is 335 g/mol. The van der Waals surface area contributed by atoms with E-state index in [9.17, 15) is 9.50 Å². The van der Waals surface area contributed by atoms with Crippen molar-refractivity contribution in [3.63, 3.8) is 0 Å². The Balaban J connectivity index is 2.43. The lowest BCUT2D eigenvalue weighted by Crippen LogP contribution is -1.97. The number of halogens is 2. The molecule has 0 saturated heterocycles. The number of rotatable bonds is 3. The lowest BCUT2D eigenvalue weighted by Gasteiger charge is -2.14. The highest BCUT2D eigenvalue weighted by Crippen LogP contribution is 2.34. The Kier molecular flexibility index (Phi) is 4.38. The fourth-order valence-electron chi connectivity index (χ4n) is 1.71. The minimum absolute atomic E-state index is 0.367. The molecule has 2 aromatic rings. The molecule has 2 rings (SSSR count). The summed E-state index contributed by atoms with van der Waals surface area (Å²) in [7, 11) is 0. The quantitative estimate of drug-likeness (QED) is 0.909. The van der Waals surface area contributed by atoms with Crippen molar-refractivity contribution in [2.24, 2.45) is 0 Å². The maximum Gasteiger partial charge on any atom is 0.141 e. The third-order valence-corrected chi connectivity index (χ3v) is 3.33. The zero-order valence-electron chi connectivity index (χ0n) is 10.6. The van der Waals surface area contributed by atoms with E-state index in [2.05, 4.69) is 15.9 Å². The van der Waals surface area contributed by atoms with E-state index >= 15 is 0 Å². The molecule has 1 atom stereocenters. The predicted molar refractivity (Wildman–Crippen MR) is 76.0 cm³/mol. The molecule has 0 aliphatic heterocycles. The molecule has 2 aromatic carbocycles. The second-order valence-electron chi connectivity index (χ2n) is 4.22. The second-order valence-corrected chi connectivity index (χ2v) is 5.07. The first-order chi connectivity index (χ1) is 9.51. The van der Waals surface area contributed by atoms with Crippen LogP contribution in [0.3, 0.4) is 0 Å². The summed E-state index contributed by atoms with van der Waals surface area (Å²) in [5.74, 6) is 0.389. The van der Waals surface area contributed by atoms with Gasteiger partial charge in [0.2, 0.25) is 0 Å². The maximum atomic E-state index is 13.0. The van der Waals surface area contributed by atoms with Gasteiger partial charge in [-0.1, -0.05) is 6.07 Å². The van der Waals surface area contributed by atoms with Crippen molar-refractivity contribution in [2.75, 3.05) is 0 Å². The van der Waals surface area contributed by atoms with Crippen LogP contribution in [-0.2, 0) is 0 Å². The van der Waals surface area contributed by atoms with Crippen LogP contribution in [0.4, 0.5) is 4.39 Å². The highest BCUT2D eigenvalue weighted by Gasteiger charge is 2.13. The molecule has 0 aromatic heterocycles. The normalized spacial score (nSPS) is 11.8. The van der Waals surface area contributed by atoms with Crippen LogP contribution in [0.25, 0.3) is 0 Å². The van der Waals surface area contributed by atoms with Gasteiger partial charge in [0.25, 0.3) is 0 Å². The third-order valence-electron chi connectivity index (χ3n) is 2.71. The highest BCUT2D eigenvalue weighted by atomic mass is 79.9. The molecule has 0 heterocycles. The van der Waals surface area contributed by atoms with Gasteiger partial charge >= 0.3 is 0 Å². The van der Waals surface area contributed by atoms with Gasteiger partial charge in [-0.3, -0.25) is 0 Å². The fourth-order valence-corrected chi connectivity index (χ4v) is 2.15. The fraction of sp³-hybridized carbons (Fsp3) is 0.133. The minimum atomic E-state index is -0.739. The van der Waals surface area contributed by atoms with Crippen LogP contribution in [0.5, 0.6) is 11.5 Å². The van der Waals surface area contributed by atoms with Crippen molar-refractivity contribution in [2.45, 2.75) is 13.0 Å². The van der Waals surface area contributed by atoms with Crippen LogP contribution in [-0.4, -0.2) is 5.11 Å². The summed E-state index contributed by atoms with van der Waals surface area (Å²) in [6, 6.07) is 10.8. The largest absolute Gasteiger partial charge is 0.456 e. The molecule has 0 bridgehead atoms. The Morgan fingerprint density at radius 1 is 1.25 bits per heavy atom.